The third-order valence-electron chi connectivity index (χ3n) is 2.77. The summed E-state index contributed by atoms with van der Waals surface area (Å²) in [6.07, 6.45) is 0. The molecule has 0 aliphatic rings. The van der Waals surface area contributed by atoms with Crippen molar-refractivity contribution in [3.63, 3.8) is 0 Å². The Morgan fingerprint density at radius 1 is 1.12 bits per heavy atom. The van der Waals surface area contributed by atoms with E-state index in [1.807, 2.05) is 0 Å². The Kier molecular flexibility index (Phi) is 6.16. The van der Waals surface area contributed by atoms with Crippen molar-refractivity contribution in [3.05, 3.63) is 52.3 Å². The number of carbonyl (C=O) groups excluding carboxylic acids is 1. The van der Waals surface area contributed by atoms with Crippen molar-refractivity contribution in [2.24, 2.45) is 0 Å². The summed E-state index contributed by atoms with van der Waals surface area (Å²) >= 11 is 11.6. The molecule has 0 radical (unpaired) electrons. The molecule has 2 aromatic carbocycles. The molecule has 2 rings (SSSR count). The third kappa shape index (κ3) is 5.21. The number of halogens is 5. The molecule has 0 spiro atoms. The molecule has 0 aliphatic heterocycles. The maximum Gasteiger partial charge on any atom is 0.387 e. The van der Waals surface area contributed by atoms with E-state index in [1.54, 1.807) is 0 Å². The number of benzene rings is 2. The van der Waals surface area contributed by atoms with Gasteiger partial charge in [0.1, 0.15) is 5.82 Å². The number of alkyl halides is 2. The molecule has 24 heavy (non-hydrogen) atoms. The Hall–Kier alpha value is -2.12. The summed E-state index contributed by atoms with van der Waals surface area (Å²) in [4.78, 5) is 11.8. The first kappa shape index (κ1) is 18.2. The Bertz CT molecular complexity index is 721. The molecule has 0 heterocycles. The van der Waals surface area contributed by atoms with Crippen molar-refractivity contribution in [2.75, 3.05) is 17.2 Å². The van der Waals surface area contributed by atoms with E-state index in [4.69, 9.17) is 23.2 Å². The first-order chi connectivity index (χ1) is 11.3. The van der Waals surface area contributed by atoms with Crippen molar-refractivity contribution >= 4 is 40.5 Å². The quantitative estimate of drug-likeness (QED) is 0.759. The van der Waals surface area contributed by atoms with Crippen LogP contribution in [0.25, 0.3) is 0 Å². The van der Waals surface area contributed by atoms with Gasteiger partial charge in [-0.15, -0.1) is 0 Å². The lowest BCUT2D eigenvalue weighted by atomic mass is 10.3. The Morgan fingerprint density at radius 2 is 1.79 bits per heavy atom. The largest absolute Gasteiger partial charge is 0.432 e. The number of hydrogen-bond donors (Lipinski definition) is 2. The van der Waals surface area contributed by atoms with E-state index in [-0.39, 0.29) is 22.3 Å². The second-order valence-electron chi connectivity index (χ2n) is 4.56. The predicted octanol–water partition coefficient (Wildman–Crippen LogP) is 4.78. The average Bonchev–Trinajstić information content (AvgIpc) is 2.49. The van der Waals surface area contributed by atoms with Crippen molar-refractivity contribution in [3.8, 4) is 5.75 Å². The van der Waals surface area contributed by atoms with Crippen molar-refractivity contribution in [1.29, 1.82) is 0 Å². The number of ether oxygens (including phenoxy) is 1. The van der Waals surface area contributed by atoms with Crippen LogP contribution in [0.15, 0.2) is 36.4 Å². The maximum absolute atomic E-state index is 13.0. The highest BCUT2D eigenvalue weighted by atomic mass is 35.5. The topological polar surface area (TPSA) is 50.4 Å². The predicted molar refractivity (Wildman–Crippen MR) is 86.6 cm³/mol. The first-order valence-corrected chi connectivity index (χ1v) is 7.34. The fraction of sp³-hybridized carbons (Fsp3) is 0.133. The van der Waals surface area contributed by atoms with E-state index in [9.17, 15) is 18.0 Å². The number of hydrogen-bond acceptors (Lipinski definition) is 3. The lowest BCUT2D eigenvalue weighted by Gasteiger charge is -2.12. The van der Waals surface area contributed by atoms with E-state index >= 15 is 0 Å². The second-order valence-corrected chi connectivity index (χ2v) is 5.37. The molecule has 0 atom stereocenters. The highest BCUT2D eigenvalue weighted by Gasteiger charge is 2.14. The summed E-state index contributed by atoms with van der Waals surface area (Å²) in [5.41, 5.74) is 0.638. The van der Waals surface area contributed by atoms with Gasteiger partial charge in [-0.2, -0.15) is 8.78 Å². The number of carbonyl (C=O) groups is 1. The maximum atomic E-state index is 13.0. The molecule has 0 fully saturated rings. The lowest BCUT2D eigenvalue weighted by Crippen LogP contribution is -2.21. The van der Waals surface area contributed by atoms with E-state index in [2.05, 4.69) is 15.4 Å². The standard InChI is InChI=1S/C15H11Cl2F3N2O2/c16-11-5-10(6-12(17)14(11)24-15(19)20)21-7-13(23)22-9-3-1-2-8(18)4-9/h1-6,15,21H,7H2,(H,22,23). The van der Waals surface area contributed by atoms with Crippen molar-refractivity contribution in [2.45, 2.75) is 6.61 Å². The normalized spacial score (nSPS) is 10.6. The SMILES string of the molecule is O=C(CNc1cc(Cl)c(OC(F)F)c(Cl)c1)Nc1cccc(F)c1. The summed E-state index contributed by atoms with van der Waals surface area (Å²) < 4.78 is 41.7. The van der Waals surface area contributed by atoms with Gasteiger partial charge >= 0.3 is 6.61 Å². The van der Waals surface area contributed by atoms with Crippen LogP contribution in [0.2, 0.25) is 10.0 Å². The summed E-state index contributed by atoms with van der Waals surface area (Å²) in [7, 11) is 0. The van der Waals surface area contributed by atoms with Crippen LogP contribution in [-0.2, 0) is 4.79 Å². The second kappa shape index (κ2) is 8.12. The number of amides is 1. The average molecular weight is 379 g/mol. The third-order valence-corrected chi connectivity index (χ3v) is 3.33. The van der Waals surface area contributed by atoms with Gasteiger partial charge in [0, 0.05) is 11.4 Å². The van der Waals surface area contributed by atoms with Crippen LogP contribution < -0.4 is 15.4 Å². The minimum absolute atomic E-state index is 0.129. The van der Waals surface area contributed by atoms with Crippen LogP contribution >= 0.6 is 23.2 Å². The highest BCUT2D eigenvalue weighted by Crippen LogP contribution is 2.36. The zero-order valence-electron chi connectivity index (χ0n) is 12.0. The molecule has 0 aromatic heterocycles. The smallest absolute Gasteiger partial charge is 0.387 e. The molecular formula is C15H11Cl2F3N2O2. The molecule has 128 valence electrons. The first-order valence-electron chi connectivity index (χ1n) is 6.58. The Morgan fingerprint density at radius 3 is 2.38 bits per heavy atom. The molecule has 0 unspecified atom stereocenters. The van der Waals surface area contributed by atoms with Crippen LogP contribution in [0.5, 0.6) is 5.75 Å². The molecule has 4 nitrogen and oxygen atoms in total. The number of rotatable bonds is 6. The molecule has 9 heteroatoms. The molecular weight excluding hydrogens is 368 g/mol. The zero-order chi connectivity index (χ0) is 17.7. The lowest BCUT2D eigenvalue weighted by molar-refractivity contribution is -0.114. The molecule has 1 amide bonds. The molecule has 2 aromatic rings. The van der Waals surface area contributed by atoms with E-state index in [0.29, 0.717) is 11.4 Å². The zero-order valence-corrected chi connectivity index (χ0v) is 13.5. The Balaban J connectivity index is 1.97. The van der Waals surface area contributed by atoms with Gasteiger partial charge in [-0.25, -0.2) is 4.39 Å². The number of nitrogens with one attached hydrogen (secondary N) is 2. The van der Waals surface area contributed by atoms with Gasteiger partial charge in [0.05, 0.1) is 16.6 Å². The van der Waals surface area contributed by atoms with Crippen LogP contribution in [0.4, 0.5) is 24.5 Å². The van der Waals surface area contributed by atoms with Gasteiger partial charge in [0.2, 0.25) is 5.91 Å². The van der Waals surface area contributed by atoms with E-state index < -0.39 is 18.3 Å². The van der Waals surface area contributed by atoms with Gasteiger partial charge in [-0.05, 0) is 30.3 Å². The van der Waals surface area contributed by atoms with Crippen molar-refractivity contribution < 1.29 is 22.7 Å². The van der Waals surface area contributed by atoms with Crippen molar-refractivity contribution in [1.82, 2.24) is 0 Å². The molecule has 0 saturated carbocycles. The fourth-order valence-electron chi connectivity index (χ4n) is 1.82. The van der Waals surface area contributed by atoms with Crippen LogP contribution in [0.1, 0.15) is 0 Å². The van der Waals surface area contributed by atoms with E-state index in [1.165, 1.54) is 36.4 Å². The van der Waals surface area contributed by atoms with Crippen LogP contribution in [0, 0.1) is 5.82 Å². The summed E-state index contributed by atoms with van der Waals surface area (Å²) in [6.45, 7) is -3.23. The molecule has 0 aliphatic carbocycles. The van der Waals surface area contributed by atoms with Crippen LogP contribution in [-0.4, -0.2) is 19.1 Å². The van der Waals surface area contributed by atoms with Gasteiger partial charge in [0.15, 0.2) is 5.75 Å². The summed E-state index contributed by atoms with van der Waals surface area (Å²) in [6, 6.07) is 8.00. The number of anilines is 2. The minimum atomic E-state index is -3.06. The molecule has 2 N–H and O–H groups in total. The molecule has 0 bridgehead atoms. The summed E-state index contributed by atoms with van der Waals surface area (Å²) in [5.74, 6) is -1.27. The van der Waals surface area contributed by atoms with Crippen LogP contribution in [0.3, 0.4) is 0 Å². The van der Waals surface area contributed by atoms with Gasteiger partial charge in [-0.1, -0.05) is 29.3 Å². The van der Waals surface area contributed by atoms with E-state index in [0.717, 1.165) is 0 Å². The van der Waals surface area contributed by atoms with Gasteiger partial charge < -0.3 is 15.4 Å². The molecule has 0 saturated heterocycles. The summed E-state index contributed by atoms with van der Waals surface area (Å²) in [5, 5.41) is 4.95. The Labute approximate surface area is 145 Å². The monoisotopic (exact) mass is 378 g/mol. The fourth-order valence-corrected chi connectivity index (χ4v) is 2.39. The minimum Gasteiger partial charge on any atom is -0.432 e. The van der Waals surface area contributed by atoms with Gasteiger partial charge in [-0.3, -0.25) is 4.79 Å². The van der Waals surface area contributed by atoms with Gasteiger partial charge in [0.25, 0.3) is 0 Å². The highest BCUT2D eigenvalue weighted by molar-refractivity contribution is 6.37.